The highest BCUT2D eigenvalue weighted by atomic mass is 16.4. The third-order valence-electron chi connectivity index (χ3n) is 0.805. The van der Waals surface area contributed by atoms with Crippen molar-refractivity contribution in [1.29, 1.82) is 5.26 Å². The van der Waals surface area contributed by atoms with Crippen molar-refractivity contribution >= 4 is 5.97 Å². The number of allylic oxidation sites excluding steroid dienone is 3. The zero-order valence-corrected chi connectivity index (χ0v) is 9.29. The molecular formula is C12H17NO2. The van der Waals surface area contributed by atoms with Gasteiger partial charge in [0.15, 0.2) is 0 Å². The van der Waals surface area contributed by atoms with Crippen LogP contribution in [0, 0.1) is 11.3 Å². The van der Waals surface area contributed by atoms with Gasteiger partial charge in [-0.2, -0.15) is 5.26 Å². The van der Waals surface area contributed by atoms with Crippen LogP contribution in [0.4, 0.5) is 0 Å². The lowest BCUT2D eigenvalue weighted by atomic mass is 10.4. The highest BCUT2D eigenvalue weighted by Gasteiger charge is 1.90. The summed E-state index contributed by atoms with van der Waals surface area (Å²) in [6, 6.07) is 1.69. The van der Waals surface area contributed by atoms with Crippen LogP contribution in [0.3, 0.4) is 0 Å². The number of carboxylic acid groups (broad SMARTS) is 1. The van der Waals surface area contributed by atoms with Gasteiger partial charge in [-0.15, -0.1) is 0 Å². The molecule has 0 heterocycles. The van der Waals surface area contributed by atoms with Gasteiger partial charge in [-0.1, -0.05) is 38.0 Å². The first-order valence-corrected chi connectivity index (χ1v) is 4.00. The van der Waals surface area contributed by atoms with Crippen molar-refractivity contribution in [3.05, 3.63) is 49.6 Å². The predicted molar refractivity (Wildman–Crippen MR) is 63.3 cm³/mol. The van der Waals surface area contributed by atoms with Gasteiger partial charge in [0.05, 0.1) is 6.07 Å². The topological polar surface area (TPSA) is 61.1 Å². The molecule has 0 aromatic rings. The van der Waals surface area contributed by atoms with Crippen LogP contribution >= 0.6 is 0 Å². The molecule has 0 fully saturated rings. The Labute approximate surface area is 91.4 Å². The Balaban J connectivity index is -0.000000147. The number of hydrogen-bond acceptors (Lipinski definition) is 2. The Morgan fingerprint density at radius 1 is 1.33 bits per heavy atom. The van der Waals surface area contributed by atoms with E-state index in [9.17, 15) is 4.79 Å². The lowest BCUT2D eigenvalue weighted by molar-refractivity contribution is -0.132. The van der Waals surface area contributed by atoms with Crippen LogP contribution < -0.4 is 0 Å². The van der Waals surface area contributed by atoms with Crippen LogP contribution in [0.25, 0.3) is 0 Å². The predicted octanol–water partition coefficient (Wildman–Crippen LogP) is 3.09. The Kier molecular flexibility index (Phi) is 18.0. The van der Waals surface area contributed by atoms with E-state index in [4.69, 9.17) is 10.4 Å². The second kappa shape index (κ2) is 14.4. The van der Waals surface area contributed by atoms with Crippen molar-refractivity contribution < 1.29 is 9.90 Å². The summed E-state index contributed by atoms with van der Waals surface area (Å²) in [4.78, 5) is 9.60. The van der Waals surface area contributed by atoms with Gasteiger partial charge in [0.2, 0.25) is 0 Å². The van der Waals surface area contributed by atoms with E-state index in [1.54, 1.807) is 12.1 Å². The van der Waals surface area contributed by atoms with Crippen LogP contribution in [-0.4, -0.2) is 11.1 Å². The van der Waals surface area contributed by atoms with E-state index < -0.39 is 5.97 Å². The number of nitrogens with zero attached hydrogens (tertiary/aromatic N) is 1. The molecule has 1 N–H and O–H groups in total. The maximum Gasteiger partial charge on any atom is 0.330 e. The van der Waals surface area contributed by atoms with E-state index in [1.807, 2.05) is 6.92 Å². The zero-order valence-electron chi connectivity index (χ0n) is 9.29. The van der Waals surface area contributed by atoms with Gasteiger partial charge >= 0.3 is 5.97 Å². The van der Waals surface area contributed by atoms with Crippen molar-refractivity contribution in [1.82, 2.24) is 0 Å². The number of nitriles is 1. The summed E-state index contributed by atoms with van der Waals surface area (Å²) in [5.41, 5.74) is 1.19. The lowest BCUT2D eigenvalue weighted by Gasteiger charge is -1.79. The molecule has 0 rings (SSSR count). The third kappa shape index (κ3) is 48.5. The second-order valence-corrected chi connectivity index (χ2v) is 2.47. The summed E-state index contributed by atoms with van der Waals surface area (Å²) in [7, 11) is 0. The monoisotopic (exact) mass is 207 g/mol. The molecule has 3 heteroatoms. The average Bonchev–Trinajstić information content (AvgIpc) is 2.19. The minimum absolute atomic E-state index is 0.176. The summed E-state index contributed by atoms with van der Waals surface area (Å²) in [5, 5.41) is 15.4. The molecule has 0 aromatic carbocycles. The van der Waals surface area contributed by atoms with E-state index in [1.165, 1.54) is 13.0 Å². The standard InChI is InChI=1S/C5H8.C4H6O2.C3H3N/c1-4-5(2)3;1-3(2)4(5)6;1-2-3-4/h4H,1-2H2,3H3;1H2,2H3,(H,5,6);2H,1H2. The molecule has 0 bridgehead atoms. The Hall–Kier alpha value is -2.08. The van der Waals surface area contributed by atoms with E-state index in [0.717, 1.165) is 5.57 Å². The van der Waals surface area contributed by atoms with E-state index in [-0.39, 0.29) is 5.57 Å². The van der Waals surface area contributed by atoms with Crippen molar-refractivity contribution in [2.75, 3.05) is 0 Å². The zero-order chi connectivity index (χ0) is 12.9. The summed E-state index contributed by atoms with van der Waals surface area (Å²) < 4.78 is 0. The summed E-state index contributed by atoms with van der Waals surface area (Å²) in [6.45, 7) is 16.6. The average molecular weight is 207 g/mol. The second-order valence-electron chi connectivity index (χ2n) is 2.47. The molecule has 82 valence electrons. The van der Waals surface area contributed by atoms with Crippen LogP contribution in [0.5, 0.6) is 0 Å². The van der Waals surface area contributed by atoms with Crippen LogP contribution in [0.1, 0.15) is 13.8 Å². The molecule has 0 aromatic heterocycles. The molecule has 0 aliphatic rings. The number of carbonyl (C=O) groups is 1. The number of carboxylic acids is 1. The summed E-state index contributed by atoms with van der Waals surface area (Å²) in [6.07, 6.45) is 2.90. The molecule has 0 radical (unpaired) electrons. The van der Waals surface area contributed by atoms with Gasteiger partial charge < -0.3 is 5.11 Å². The van der Waals surface area contributed by atoms with E-state index >= 15 is 0 Å². The lowest BCUT2D eigenvalue weighted by Crippen LogP contribution is -1.92. The smallest absolute Gasteiger partial charge is 0.330 e. The molecule has 0 saturated carbocycles. The number of hydrogen-bond donors (Lipinski definition) is 1. The van der Waals surface area contributed by atoms with Crippen LogP contribution in [0.2, 0.25) is 0 Å². The maximum atomic E-state index is 9.60. The van der Waals surface area contributed by atoms with E-state index in [2.05, 4.69) is 26.3 Å². The number of rotatable bonds is 2. The normalized spacial score (nSPS) is 6.20. The molecular weight excluding hydrogens is 190 g/mol. The SMILES string of the molecule is C=C(C)C(=O)O.C=CC#N.C=CC(=C)C. The Morgan fingerprint density at radius 2 is 1.53 bits per heavy atom. The van der Waals surface area contributed by atoms with Crippen molar-refractivity contribution in [2.24, 2.45) is 0 Å². The molecule has 0 saturated heterocycles. The fourth-order valence-electron chi connectivity index (χ4n) is 0. The van der Waals surface area contributed by atoms with Gasteiger partial charge in [-0.25, -0.2) is 4.79 Å². The molecule has 3 nitrogen and oxygen atoms in total. The van der Waals surface area contributed by atoms with Crippen LogP contribution in [-0.2, 0) is 4.79 Å². The van der Waals surface area contributed by atoms with E-state index in [0.29, 0.717) is 0 Å². The quantitative estimate of drug-likeness (QED) is 0.430. The van der Waals surface area contributed by atoms with Gasteiger partial charge in [-0.05, 0) is 13.8 Å². The Bertz CT molecular complexity index is 270. The third-order valence-corrected chi connectivity index (χ3v) is 0.805. The number of aliphatic carboxylic acids is 1. The molecule has 0 spiro atoms. The molecule has 0 amide bonds. The molecule has 0 unspecified atom stereocenters. The minimum Gasteiger partial charge on any atom is -0.478 e. The largest absolute Gasteiger partial charge is 0.478 e. The maximum absolute atomic E-state index is 9.60. The molecule has 0 aliphatic heterocycles. The van der Waals surface area contributed by atoms with Crippen molar-refractivity contribution in [3.63, 3.8) is 0 Å². The first-order valence-electron chi connectivity index (χ1n) is 4.00. The van der Waals surface area contributed by atoms with Crippen molar-refractivity contribution in [2.45, 2.75) is 13.8 Å². The minimum atomic E-state index is -0.935. The van der Waals surface area contributed by atoms with Gasteiger partial charge in [-0.3, -0.25) is 0 Å². The molecule has 0 atom stereocenters. The van der Waals surface area contributed by atoms with Crippen molar-refractivity contribution in [3.8, 4) is 6.07 Å². The van der Waals surface area contributed by atoms with Gasteiger partial charge in [0, 0.05) is 11.6 Å². The summed E-state index contributed by atoms with van der Waals surface area (Å²) in [5.74, 6) is -0.935. The first kappa shape index (κ1) is 18.7. The van der Waals surface area contributed by atoms with Gasteiger partial charge in [0.1, 0.15) is 0 Å². The Morgan fingerprint density at radius 3 is 1.53 bits per heavy atom. The first-order chi connectivity index (χ1) is 6.83. The highest BCUT2D eigenvalue weighted by Crippen LogP contribution is 1.81. The summed E-state index contributed by atoms with van der Waals surface area (Å²) >= 11 is 0. The highest BCUT2D eigenvalue weighted by molar-refractivity contribution is 5.84. The molecule has 15 heavy (non-hydrogen) atoms. The van der Waals surface area contributed by atoms with Crippen LogP contribution in [0.15, 0.2) is 49.6 Å². The van der Waals surface area contributed by atoms with Gasteiger partial charge in [0.25, 0.3) is 0 Å². The molecule has 0 aliphatic carbocycles. The fourth-order valence-corrected chi connectivity index (χ4v) is 0. The fraction of sp³-hybridized carbons (Fsp3) is 0.167.